The molecule has 0 saturated heterocycles. The number of hydrogen-bond acceptors (Lipinski definition) is 1. The highest BCUT2D eigenvalue weighted by Crippen LogP contribution is 2.16. The number of hydrogen-bond donors (Lipinski definition) is 0. The SMILES string of the molecule is CCCC1=CCC(=C=O)C=C1. The molecule has 1 aliphatic rings. The van der Waals surface area contributed by atoms with Crippen LogP contribution in [0.2, 0.25) is 0 Å². The second-order valence-corrected chi connectivity index (χ2v) is 2.69. The zero-order valence-electron chi connectivity index (χ0n) is 6.76. The average Bonchev–Trinajstić information content (AvgIpc) is 2.07. The molecule has 0 spiro atoms. The van der Waals surface area contributed by atoms with Gasteiger partial charge in [-0.05, 0) is 12.5 Å². The molecular formula is C10H12O. The van der Waals surface area contributed by atoms with Crippen LogP contribution in [0.5, 0.6) is 0 Å². The first-order valence-electron chi connectivity index (χ1n) is 3.98. The van der Waals surface area contributed by atoms with Crippen molar-refractivity contribution in [2.24, 2.45) is 0 Å². The van der Waals surface area contributed by atoms with E-state index in [1.54, 1.807) is 0 Å². The summed E-state index contributed by atoms with van der Waals surface area (Å²) >= 11 is 0. The van der Waals surface area contributed by atoms with Gasteiger partial charge in [0.2, 0.25) is 0 Å². The molecule has 0 aliphatic heterocycles. The van der Waals surface area contributed by atoms with Crippen LogP contribution < -0.4 is 0 Å². The molecule has 0 aromatic rings. The standard InChI is InChI=1S/C10H12O/c1-2-3-9-4-6-10(8-11)7-5-9/h4-6H,2-3,7H2,1H3. The van der Waals surface area contributed by atoms with E-state index in [0.717, 1.165) is 24.8 Å². The molecule has 1 heteroatoms. The van der Waals surface area contributed by atoms with Crippen LogP contribution in [0, 0.1) is 0 Å². The summed E-state index contributed by atoms with van der Waals surface area (Å²) in [6.45, 7) is 2.15. The summed E-state index contributed by atoms with van der Waals surface area (Å²) in [5, 5.41) is 0. The second kappa shape index (κ2) is 3.95. The fraction of sp³-hybridized carbons (Fsp3) is 0.400. The van der Waals surface area contributed by atoms with Crippen LogP contribution in [-0.4, -0.2) is 5.94 Å². The van der Waals surface area contributed by atoms with Gasteiger partial charge in [-0.1, -0.05) is 31.1 Å². The van der Waals surface area contributed by atoms with Crippen molar-refractivity contribution in [3.8, 4) is 0 Å². The van der Waals surface area contributed by atoms with Crippen molar-refractivity contribution in [3.63, 3.8) is 0 Å². The van der Waals surface area contributed by atoms with Crippen molar-refractivity contribution in [3.05, 3.63) is 29.4 Å². The molecule has 0 N–H and O–H groups in total. The summed E-state index contributed by atoms with van der Waals surface area (Å²) in [5.41, 5.74) is 2.09. The van der Waals surface area contributed by atoms with E-state index < -0.39 is 0 Å². The highest BCUT2D eigenvalue weighted by Gasteiger charge is 1.99. The topological polar surface area (TPSA) is 17.1 Å². The number of carbonyl (C=O) groups excluding carboxylic acids is 1. The fourth-order valence-corrected chi connectivity index (χ4v) is 1.13. The first-order valence-corrected chi connectivity index (χ1v) is 3.98. The molecule has 0 unspecified atom stereocenters. The third-order valence-electron chi connectivity index (χ3n) is 1.75. The maximum absolute atomic E-state index is 10.2. The van der Waals surface area contributed by atoms with Crippen molar-refractivity contribution in [1.29, 1.82) is 0 Å². The Bertz CT molecular complexity index is 240. The minimum atomic E-state index is 0.754. The van der Waals surface area contributed by atoms with Gasteiger partial charge in [-0.25, -0.2) is 4.79 Å². The van der Waals surface area contributed by atoms with Gasteiger partial charge in [0.25, 0.3) is 0 Å². The van der Waals surface area contributed by atoms with Gasteiger partial charge >= 0.3 is 0 Å². The summed E-state index contributed by atoms with van der Waals surface area (Å²) in [6, 6.07) is 0. The molecular weight excluding hydrogens is 136 g/mol. The zero-order chi connectivity index (χ0) is 8.10. The molecule has 0 amide bonds. The van der Waals surface area contributed by atoms with Crippen molar-refractivity contribution in [2.75, 3.05) is 0 Å². The van der Waals surface area contributed by atoms with E-state index in [4.69, 9.17) is 0 Å². The lowest BCUT2D eigenvalue weighted by atomic mass is 10.0. The van der Waals surface area contributed by atoms with E-state index in [1.165, 1.54) is 5.57 Å². The monoisotopic (exact) mass is 148 g/mol. The Kier molecular flexibility index (Phi) is 2.88. The maximum Gasteiger partial charge on any atom is 0.128 e. The van der Waals surface area contributed by atoms with Crippen molar-refractivity contribution >= 4 is 5.94 Å². The molecule has 1 nitrogen and oxygen atoms in total. The lowest BCUT2D eigenvalue weighted by Gasteiger charge is -2.04. The summed E-state index contributed by atoms with van der Waals surface area (Å²) in [6.07, 6.45) is 9.00. The van der Waals surface area contributed by atoms with Gasteiger partial charge in [-0.2, -0.15) is 0 Å². The highest BCUT2D eigenvalue weighted by molar-refractivity contribution is 5.59. The van der Waals surface area contributed by atoms with Crippen molar-refractivity contribution < 1.29 is 4.79 Å². The Labute approximate surface area is 67.1 Å². The van der Waals surface area contributed by atoms with E-state index in [1.807, 2.05) is 18.1 Å². The van der Waals surface area contributed by atoms with Gasteiger partial charge in [0.1, 0.15) is 5.94 Å². The number of rotatable bonds is 2. The van der Waals surface area contributed by atoms with E-state index in [9.17, 15) is 4.79 Å². The molecule has 0 saturated carbocycles. The largest absolute Gasteiger partial charge is 0.233 e. The zero-order valence-corrected chi connectivity index (χ0v) is 6.76. The van der Waals surface area contributed by atoms with Crippen LogP contribution in [-0.2, 0) is 4.79 Å². The molecule has 0 aromatic carbocycles. The van der Waals surface area contributed by atoms with Crippen LogP contribution >= 0.6 is 0 Å². The minimum Gasteiger partial charge on any atom is -0.233 e. The highest BCUT2D eigenvalue weighted by atomic mass is 16.1. The molecule has 11 heavy (non-hydrogen) atoms. The third kappa shape index (κ3) is 2.21. The Morgan fingerprint density at radius 2 is 2.36 bits per heavy atom. The summed E-state index contributed by atoms with van der Waals surface area (Å²) in [4.78, 5) is 10.2. The molecule has 0 heterocycles. The van der Waals surface area contributed by atoms with Gasteiger partial charge in [-0.3, -0.25) is 0 Å². The third-order valence-corrected chi connectivity index (χ3v) is 1.75. The average molecular weight is 148 g/mol. The lowest BCUT2D eigenvalue weighted by molar-refractivity contribution is 0.567. The fourth-order valence-electron chi connectivity index (χ4n) is 1.13. The maximum atomic E-state index is 10.2. The second-order valence-electron chi connectivity index (χ2n) is 2.69. The van der Waals surface area contributed by atoms with Crippen LogP contribution in [0.3, 0.4) is 0 Å². The van der Waals surface area contributed by atoms with Gasteiger partial charge in [-0.15, -0.1) is 0 Å². The van der Waals surface area contributed by atoms with E-state index in [-0.39, 0.29) is 0 Å². The van der Waals surface area contributed by atoms with E-state index in [0.29, 0.717) is 0 Å². The molecule has 0 bridgehead atoms. The smallest absolute Gasteiger partial charge is 0.128 e. The molecule has 0 radical (unpaired) electrons. The van der Waals surface area contributed by atoms with Crippen LogP contribution in [0.1, 0.15) is 26.2 Å². The lowest BCUT2D eigenvalue weighted by Crippen LogP contribution is -1.87. The Morgan fingerprint density at radius 3 is 2.82 bits per heavy atom. The summed E-state index contributed by atoms with van der Waals surface area (Å²) in [5.74, 6) is 1.90. The predicted octanol–water partition coefficient (Wildman–Crippen LogP) is 2.43. The Hall–Kier alpha value is -1.07. The van der Waals surface area contributed by atoms with Crippen LogP contribution in [0.25, 0.3) is 0 Å². The molecule has 0 fully saturated rings. The summed E-state index contributed by atoms with van der Waals surface area (Å²) < 4.78 is 0. The normalized spacial score (nSPS) is 16.1. The molecule has 0 aromatic heterocycles. The van der Waals surface area contributed by atoms with Crippen molar-refractivity contribution in [1.82, 2.24) is 0 Å². The molecule has 58 valence electrons. The molecule has 1 aliphatic carbocycles. The van der Waals surface area contributed by atoms with E-state index in [2.05, 4.69) is 13.0 Å². The predicted molar refractivity (Wildman–Crippen MR) is 46.0 cm³/mol. The number of allylic oxidation sites excluding steroid dienone is 5. The van der Waals surface area contributed by atoms with Crippen molar-refractivity contribution in [2.45, 2.75) is 26.2 Å². The quantitative estimate of drug-likeness (QED) is 0.550. The van der Waals surface area contributed by atoms with Gasteiger partial charge < -0.3 is 0 Å². The van der Waals surface area contributed by atoms with Gasteiger partial charge in [0, 0.05) is 12.0 Å². The minimum absolute atomic E-state index is 0.754. The molecule has 1 rings (SSSR count). The van der Waals surface area contributed by atoms with Gasteiger partial charge in [0.15, 0.2) is 0 Å². The van der Waals surface area contributed by atoms with Crippen LogP contribution in [0.4, 0.5) is 0 Å². The Balaban J connectivity index is 2.59. The summed E-state index contributed by atoms with van der Waals surface area (Å²) in [7, 11) is 0. The first kappa shape index (κ1) is 8.03. The van der Waals surface area contributed by atoms with Gasteiger partial charge in [0.05, 0.1) is 0 Å². The molecule has 0 atom stereocenters. The van der Waals surface area contributed by atoms with E-state index >= 15 is 0 Å². The van der Waals surface area contributed by atoms with Crippen LogP contribution in [0.15, 0.2) is 29.4 Å². The Morgan fingerprint density at radius 1 is 1.55 bits per heavy atom. The first-order chi connectivity index (χ1) is 5.36.